The van der Waals surface area contributed by atoms with Crippen molar-refractivity contribution in [1.82, 2.24) is 20.0 Å². The van der Waals surface area contributed by atoms with E-state index >= 15 is 0 Å². The highest BCUT2D eigenvalue weighted by atomic mass is 35.5. The van der Waals surface area contributed by atoms with E-state index in [-0.39, 0.29) is 27.5 Å². The molecular formula is C20H14ClF3N4OS. The zero-order chi connectivity index (χ0) is 21.3. The highest BCUT2D eigenvalue weighted by Gasteiger charge is 2.34. The van der Waals surface area contributed by atoms with Crippen LogP contribution < -0.4 is 0 Å². The van der Waals surface area contributed by atoms with Crippen molar-refractivity contribution in [1.29, 1.82) is 0 Å². The quantitative estimate of drug-likeness (QED) is 0.339. The normalized spacial score (nSPS) is 11.8. The molecule has 30 heavy (non-hydrogen) atoms. The van der Waals surface area contributed by atoms with Gasteiger partial charge in [-0.1, -0.05) is 47.6 Å². The highest BCUT2D eigenvalue weighted by Crippen LogP contribution is 2.38. The number of aromatic nitrogens is 4. The van der Waals surface area contributed by atoms with Gasteiger partial charge in [0.25, 0.3) is 11.1 Å². The van der Waals surface area contributed by atoms with Gasteiger partial charge >= 0.3 is 6.18 Å². The van der Waals surface area contributed by atoms with E-state index < -0.39 is 11.7 Å². The van der Waals surface area contributed by atoms with Crippen molar-refractivity contribution in [3.05, 3.63) is 76.6 Å². The van der Waals surface area contributed by atoms with Gasteiger partial charge in [-0.25, -0.2) is 4.68 Å². The van der Waals surface area contributed by atoms with E-state index in [2.05, 4.69) is 15.3 Å². The lowest BCUT2D eigenvalue weighted by molar-refractivity contribution is -0.138. The van der Waals surface area contributed by atoms with Gasteiger partial charge in [0.1, 0.15) is 0 Å². The van der Waals surface area contributed by atoms with E-state index in [0.717, 1.165) is 29.2 Å². The van der Waals surface area contributed by atoms with E-state index in [0.29, 0.717) is 5.56 Å². The number of halogens is 4. The van der Waals surface area contributed by atoms with E-state index in [1.807, 2.05) is 37.3 Å². The Morgan fingerprint density at radius 1 is 1.07 bits per heavy atom. The second-order valence-corrected chi connectivity index (χ2v) is 7.65. The van der Waals surface area contributed by atoms with Gasteiger partial charge in [0, 0.05) is 10.8 Å². The van der Waals surface area contributed by atoms with Crippen LogP contribution in [0.4, 0.5) is 13.2 Å². The van der Waals surface area contributed by atoms with Crippen molar-refractivity contribution < 1.29 is 17.6 Å². The number of para-hydroxylation sites is 1. The van der Waals surface area contributed by atoms with Crippen LogP contribution in [0.15, 0.2) is 64.4 Å². The molecule has 10 heteroatoms. The maximum atomic E-state index is 13.2. The van der Waals surface area contributed by atoms with Gasteiger partial charge in [0.05, 0.1) is 28.7 Å². The van der Waals surface area contributed by atoms with Crippen molar-refractivity contribution in [2.45, 2.75) is 24.1 Å². The fraction of sp³-hybridized carbons (Fsp3) is 0.150. The monoisotopic (exact) mass is 450 g/mol. The fourth-order valence-corrected chi connectivity index (χ4v) is 4.07. The number of nitrogens with zero attached hydrogens (tertiary/aromatic N) is 4. The Balaban J connectivity index is 1.55. The molecule has 0 fully saturated rings. The van der Waals surface area contributed by atoms with E-state index in [4.69, 9.17) is 16.0 Å². The largest absolute Gasteiger partial charge is 0.416 e. The summed E-state index contributed by atoms with van der Waals surface area (Å²) in [5.41, 5.74) is 1.53. The fourth-order valence-electron chi connectivity index (χ4n) is 2.93. The third kappa shape index (κ3) is 4.08. The molecule has 0 bridgehead atoms. The first-order valence-electron chi connectivity index (χ1n) is 8.76. The van der Waals surface area contributed by atoms with Crippen molar-refractivity contribution >= 4 is 23.4 Å². The number of hydrogen-bond acceptors (Lipinski definition) is 5. The third-order valence-corrected chi connectivity index (χ3v) is 5.61. The van der Waals surface area contributed by atoms with Crippen LogP contribution in [0, 0.1) is 6.92 Å². The lowest BCUT2D eigenvalue weighted by Crippen LogP contribution is -2.09. The van der Waals surface area contributed by atoms with Crippen molar-refractivity contribution in [3.8, 4) is 17.1 Å². The zero-order valence-electron chi connectivity index (χ0n) is 15.5. The summed E-state index contributed by atoms with van der Waals surface area (Å²) < 4.78 is 47.1. The summed E-state index contributed by atoms with van der Waals surface area (Å²) in [5.74, 6) is 0.186. The smallest absolute Gasteiger partial charge is 0.411 e. The van der Waals surface area contributed by atoms with Crippen molar-refractivity contribution in [2.75, 3.05) is 0 Å². The molecule has 2 heterocycles. The number of rotatable bonds is 5. The average molecular weight is 451 g/mol. The van der Waals surface area contributed by atoms with Gasteiger partial charge < -0.3 is 4.42 Å². The number of alkyl halides is 3. The minimum absolute atomic E-state index is 0.0236. The Kier molecular flexibility index (Phi) is 5.57. The molecule has 0 aliphatic heterocycles. The Labute approximate surface area is 178 Å². The molecule has 0 amide bonds. The molecule has 5 nitrogen and oxygen atoms in total. The van der Waals surface area contributed by atoms with Crippen LogP contribution in [-0.2, 0) is 11.9 Å². The molecule has 2 aromatic heterocycles. The van der Waals surface area contributed by atoms with E-state index in [1.165, 1.54) is 12.1 Å². The molecule has 0 aliphatic carbocycles. The summed E-state index contributed by atoms with van der Waals surface area (Å²) in [6.07, 6.45) is -2.88. The minimum Gasteiger partial charge on any atom is -0.411 e. The molecule has 0 spiro atoms. The highest BCUT2D eigenvalue weighted by molar-refractivity contribution is 7.98. The van der Waals surface area contributed by atoms with Gasteiger partial charge in [0.2, 0.25) is 0 Å². The van der Waals surface area contributed by atoms with Gasteiger partial charge in [0.15, 0.2) is 0 Å². The van der Waals surface area contributed by atoms with Gasteiger partial charge in [-0.15, -0.1) is 10.2 Å². The summed E-state index contributed by atoms with van der Waals surface area (Å²) >= 11 is 6.98. The SMILES string of the molecule is Cc1c(-c2nnc(SCc3c(Cl)cccc3C(F)(F)F)o2)cnn1-c1ccccc1. The van der Waals surface area contributed by atoms with Crippen molar-refractivity contribution in [3.63, 3.8) is 0 Å². The molecule has 4 rings (SSSR count). The van der Waals surface area contributed by atoms with Gasteiger partial charge in [-0.05, 0) is 36.8 Å². The summed E-state index contributed by atoms with van der Waals surface area (Å²) in [4.78, 5) is 0. The van der Waals surface area contributed by atoms with Gasteiger partial charge in [-0.3, -0.25) is 0 Å². The Hall–Kier alpha value is -2.78. The lowest BCUT2D eigenvalue weighted by Gasteiger charge is -2.13. The predicted molar refractivity (Wildman–Crippen MR) is 108 cm³/mol. The number of thioether (sulfide) groups is 1. The summed E-state index contributed by atoms with van der Waals surface area (Å²) in [6, 6.07) is 13.3. The third-order valence-electron chi connectivity index (χ3n) is 4.41. The Morgan fingerprint density at radius 3 is 2.57 bits per heavy atom. The number of benzene rings is 2. The van der Waals surface area contributed by atoms with Crippen LogP contribution in [0.2, 0.25) is 5.02 Å². The Morgan fingerprint density at radius 2 is 1.83 bits per heavy atom. The summed E-state index contributed by atoms with van der Waals surface area (Å²) in [5, 5.41) is 12.5. The molecule has 0 saturated heterocycles. The molecule has 4 aromatic rings. The van der Waals surface area contributed by atoms with E-state index in [9.17, 15) is 13.2 Å². The topological polar surface area (TPSA) is 56.7 Å². The summed E-state index contributed by atoms with van der Waals surface area (Å²) in [7, 11) is 0. The zero-order valence-corrected chi connectivity index (χ0v) is 17.1. The van der Waals surface area contributed by atoms with E-state index in [1.54, 1.807) is 10.9 Å². The molecule has 0 N–H and O–H groups in total. The first-order valence-corrected chi connectivity index (χ1v) is 10.1. The first kappa shape index (κ1) is 20.5. The second kappa shape index (κ2) is 8.16. The molecule has 0 aliphatic rings. The molecule has 0 unspecified atom stereocenters. The van der Waals surface area contributed by atoms with Crippen LogP contribution in [0.25, 0.3) is 17.1 Å². The van der Waals surface area contributed by atoms with Gasteiger partial charge in [-0.2, -0.15) is 18.3 Å². The molecule has 154 valence electrons. The molecule has 2 aromatic carbocycles. The number of hydrogen-bond donors (Lipinski definition) is 0. The lowest BCUT2D eigenvalue weighted by atomic mass is 10.1. The van der Waals surface area contributed by atoms with Crippen LogP contribution >= 0.6 is 23.4 Å². The maximum Gasteiger partial charge on any atom is 0.416 e. The van der Waals surface area contributed by atoms with Crippen LogP contribution in [-0.4, -0.2) is 20.0 Å². The average Bonchev–Trinajstić information content (AvgIpc) is 3.33. The minimum atomic E-state index is -4.50. The maximum absolute atomic E-state index is 13.2. The molecule has 0 radical (unpaired) electrons. The molecule has 0 saturated carbocycles. The molecule has 0 atom stereocenters. The first-order chi connectivity index (χ1) is 14.3. The van der Waals surface area contributed by atoms with Crippen LogP contribution in [0.1, 0.15) is 16.8 Å². The van der Waals surface area contributed by atoms with Crippen molar-refractivity contribution in [2.24, 2.45) is 0 Å². The standard InChI is InChI=1S/C20H14ClF3N4OS/c1-12-14(10-25-28(12)13-6-3-2-4-7-13)18-26-27-19(29-18)30-11-15-16(20(22,23)24)8-5-9-17(15)21/h2-10H,11H2,1H3. The predicted octanol–water partition coefficient (Wildman–Crippen LogP) is 6.20. The summed E-state index contributed by atoms with van der Waals surface area (Å²) in [6.45, 7) is 1.87. The second-order valence-electron chi connectivity index (χ2n) is 6.32. The van der Waals surface area contributed by atoms with Crippen LogP contribution in [0.3, 0.4) is 0 Å². The molecular weight excluding hydrogens is 437 g/mol. The van der Waals surface area contributed by atoms with Crippen LogP contribution in [0.5, 0.6) is 0 Å². The Bertz CT molecular complexity index is 1170.